The molecule has 0 aromatic heterocycles. The standard InChI is InChI=1S/C13H15BrN2O3/c1-16-7-9(3-5-12(16)18)15-13(19)10-4-2-8(14)6-11(10)17/h2,4,6,9,17H,3,5,7H2,1H3,(H,15,19)/t9-/m1/s1. The van der Waals surface area contributed by atoms with Gasteiger partial charge in [0.15, 0.2) is 0 Å². The normalized spacial score (nSPS) is 19.4. The first-order valence-corrected chi connectivity index (χ1v) is 6.80. The van der Waals surface area contributed by atoms with Gasteiger partial charge in [0.25, 0.3) is 5.91 Å². The third-order valence-corrected chi connectivity index (χ3v) is 3.66. The molecule has 1 aromatic rings. The lowest BCUT2D eigenvalue weighted by Crippen LogP contribution is -2.48. The van der Waals surface area contributed by atoms with Crippen molar-refractivity contribution in [2.45, 2.75) is 18.9 Å². The molecule has 2 rings (SSSR count). The summed E-state index contributed by atoms with van der Waals surface area (Å²) in [5.74, 6) is -0.290. The average molecular weight is 327 g/mol. The van der Waals surface area contributed by atoms with Crippen molar-refractivity contribution in [3.8, 4) is 5.75 Å². The van der Waals surface area contributed by atoms with Crippen LogP contribution in [0.15, 0.2) is 22.7 Å². The van der Waals surface area contributed by atoms with Crippen LogP contribution in [0.5, 0.6) is 5.75 Å². The topological polar surface area (TPSA) is 69.6 Å². The number of nitrogens with one attached hydrogen (secondary N) is 1. The highest BCUT2D eigenvalue weighted by molar-refractivity contribution is 9.10. The fraction of sp³-hybridized carbons (Fsp3) is 0.385. The first-order chi connectivity index (χ1) is 8.97. The van der Waals surface area contributed by atoms with Gasteiger partial charge in [-0.2, -0.15) is 0 Å². The molecule has 0 unspecified atom stereocenters. The Balaban J connectivity index is 2.03. The summed E-state index contributed by atoms with van der Waals surface area (Å²) in [6.07, 6.45) is 1.07. The summed E-state index contributed by atoms with van der Waals surface area (Å²) in [4.78, 5) is 25.0. The summed E-state index contributed by atoms with van der Waals surface area (Å²) < 4.78 is 0.713. The van der Waals surface area contributed by atoms with E-state index in [9.17, 15) is 14.7 Å². The largest absolute Gasteiger partial charge is 0.507 e. The molecule has 2 N–H and O–H groups in total. The van der Waals surface area contributed by atoms with Crippen LogP contribution in [0.25, 0.3) is 0 Å². The van der Waals surface area contributed by atoms with Crippen molar-refractivity contribution in [3.05, 3.63) is 28.2 Å². The van der Waals surface area contributed by atoms with Crippen LogP contribution in [0.3, 0.4) is 0 Å². The maximum Gasteiger partial charge on any atom is 0.255 e. The third kappa shape index (κ3) is 3.26. The lowest BCUT2D eigenvalue weighted by Gasteiger charge is -2.30. The van der Waals surface area contributed by atoms with Crippen LogP contribution >= 0.6 is 15.9 Å². The number of halogens is 1. The molecule has 0 radical (unpaired) electrons. The summed E-state index contributed by atoms with van der Waals surface area (Å²) in [7, 11) is 1.72. The zero-order valence-corrected chi connectivity index (χ0v) is 12.1. The van der Waals surface area contributed by atoms with Crippen molar-refractivity contribution in [2.75, 3.05) is 13.6 Å². The highest BCUT2D eigenvalue weighted by atomic mass is 79.9. The lowest BCUT2D eigenvalue weighted by molar-refractivity contribution is -0.132. The van der Waals surface area contributed by atoms with Crippen LogP contribution in [-0.4, -0.2) is 41.5 Å². The monoisotopic (exact) mass is 326 g/mol. The molecule has 0 bridgehead atoms. The molecule has 1 saturated heterocycles. The molecule has 19 heavy (non-hydrogen) atoms. The van der Waals surface area contributed by atoms with Gasteiger partial charge < -0.3 is 15.3 Å². The Bertz CT molecular complexity index is 519. The number of amides is 2. The van der Waals surface area contributed by atoms with E-state index < -0.39 is 0 Å². The molecule has 1 aromatic carbocycles. The number of phenolic OH excluding ortho intramolecular Hbond substituents is 1. The molecule has 2 amide bonds. The van der Waals surface area contributed by atoms with Crippen molar-refractivity contribution in [1.29, 1.82) is 0 Å². The second-order valence-electron chi connectivity index (χ2n) is 4.64. The van der Waals surface area contributed by atoms with Crippen LogP contribution in [0.2, 0.25) is 0 Å². The van der Waals surface area contributed by atoms with Crippen molar-refractivity contribution in [1.82, 2.24) is 10.2 Å². The number of carbonyl (C=O) groups excluding carboxylic acids is 2. The summed E-state index contributed by atoms with van der Waals surface area (Å²) in [5, 5.41) is 12.6. The third-order valence-electron chi connectivity index (χ3n) is 3.17. The van der Waals surface area contributed by atoms with Crippen LogP contribution in [0.1, 0.15) is 23.2 Å². The molecular weight excluding hydrogens is 312 g/mol. The fourth-order valence-electron chi connectivity index (χ4n) is 2.09. The molecule has 6 heteroatoms. The van der Waals surface area contributed by atoms with Gasteiger partial charge in [-0.15, -0.1) is 0 Å². The number of hydrogen-bond donors (Lipinski definition) is 2. The fourth-order valence-corrected chi connectivity index (χ4v) is 2.44. The molecule has 5 nitrogen and oxygen atoms in total. The van der Waals surface area contributed by atoms with E-state index in [1.165, 1.54) is 6.07 Å². The summed E-state index contributed by atoms with van der Waals surface area (Å²) >= 11 is 3.22. The van der Waals surface area contributed by atoms with Crippen molar-refractivity contribution < 1.29 is 14.7 Å². The van der Waals surface area contributed by atoms with E-state index in [1.807, 2.05) is 0 Å². The van der Waals surface area contributed by atoms with Gasteiger partial charge in [-0.3, -0.25) is 9.59 Å². The quantitative estimate of drug-likeness (QED) is 0.865. The van der Waals surface area contributed by atoms with Gasteiger partial charge in [-0.25, -0.2) is 0 Å². The molecule has 0 saturated carbocycles. The van der Waals surface area contributed by atoms with E-state index >= 15 is 0 Å². The van der Waals surface area contributed by atoms with E-state index in [0.29, 0.717) is 23.9 Å². The van der Waals surface area contributed by atoms with E-state index in [2.05, 4.69) is 21.2 Å². The molecule has 1 fully saturated rings. The number of carbonyl (C=O) groups is 2. The van der Waals surface area contributed by atoms with E-state index in [1.54, 1.807) is 24.1 Å². The number of likely N-dealkylation sites (tertiary alicyclic amines) is 1. The van der Waals surface area contributed by atoms with Gasteiger partial charge in [-0.1, -0.05) is 15.9 Å². The van der Waals surface area contributed by atoms with Gasteiger partial charge in [0.2, 0.25) is 5.91 Å². The van der Waals surface area contributed by atoms with Crippen LogP contribution in [-0.2, 0) is 4.79 Å². The predicted molar refractivity (Wildman–Crippen MR) is 73.9 cm³/mol. The molecule has 1 atom stereocenters. The number of aromatic hydroxyl groups is 1. The minimum absolute atomic E-state index is 0.0629. The van der Waals surface area contributed by atoms with E-state index in [-0.39, 0.29) is 29.2 Å². The van der Waals surface area contributed by atoms with Gasteiger partial charge in [-0.05, 0) is 24.6 Å². The van der Waals surface area contributed by atoms with Gasteiger partial charge >= 0.3 is 0 Å². The van der Waals surface area contributed by atoms with Crippen LogP contribution < -0.4 is 5.32 Å². The Hall–Kier alpha value is -1.56. The van der Waals surface area contributed by atoms with Gasteiger partial charge in [0, 0.05) is 30.5 Å². The highest BCUT2D eigenvalue weighted by Crippen LogP contribution is 2.22. The number of benzene rings is 1. The molecule has 0 spiro atoms. The minimum Gasteiger partial charge on any atom is -0.507 e. The maximum atomic E-state index is 12.0. The number of piperidine rings is 1. The Labute approximate surface area is 119 Å². The van der Waals surface area contributed by atoms with Gasteiger partial charge in [0.05, 0.1) is 5.56 Å². The zero-order valence-electron chi connectivity index (χ0n) is 10.5. The molecule has 1 aliphatic rings. The van der Waals surface area contributed by atoms with Crippen molar-refractivity contribution >= 4 is 27.7 Å². The first kappa shape index (κ1) is 13.9. The lowest BCUT2D eigenvalue weighted by atomic mass is 10.0. The summed E-state index contributed by atoms with van der Waals surface area (Å²) in [5.41, 5.74) is 0.239. The minimum atomic E-state index is -0.322. The SMILES string of the molecule is CN1C[C@H](NC(=O)c2ccc(Br)cc2O)CCC1=O. The summed E-state index contributed by atoms with van der Waals surface area (Å²) in [6, 6.07) is 4.67. The maximum absolute atomic E-state index is 12.0. The van der Waals surface area contributed by atoms with E-state index in [0.717, 1.165) is 0 Å². The number of phenols is 1. The van der Waals surface area contributed by atoms with Crippen LogP contribution in [0, 0.1) is 0 Å². The van der Waals surface area contributed by atoms with E-state index in [4.69, 9.17) is 0 Å². The second kappa shape index (κ2) is 5.61. The Kier molecular flexibility index (Phi) is 4.09. The molecular formula is C13H15BrN2O3. The Morgan fingerprint density at radius 1 is 1.53 bits per heavy atom. The van der Waals surface area contributed by atoms with Crippen LogP contribution in [0.4, 0.5) is 0 Å². The summed E-state index contributed by atoms with van der Waals surface area (Å²) in [6.45, 7) is 0.502. The number of nitrogens with zero attached hydrogens (tertiary/aromatic N) is 1. The van der Waals surface area contributed by atoms with Crippen molar-refractivity contribution in [3.63, 3.8) is 0 Å². The average Bonchev–Trinajstić information content (AvgIpc) is 2.33. The molecule has 0 aliphatic carbocycles. The molecule has 1 aliphatic heterocycles. The predicted octanol–water partition coefficient (Wildman–Crippen LogP) is 1.51. The first-order valence-electron chi connectivity index (χ1n) is 6.00. The second-order valence-corrected chi connectivity index (χ2v) is 5.56. The molecule has 1 heterocycles. The van der Waals surface area contributed by atoms with Gasteiger partial charge in [0.1, 0.15) is 5.75 Å². The Morgan fingerprint density at radius 2 is 2.26 bits per heavy atom. The number of likely N-dealkylation sites (N-methyl/N-ethyl adjacent to an activating group) is 1. The smallest absolute Gasteiger partial charge is 0.255 e. The zero-order chi connectivity index (χ0) is 14.0. The number of hydrogen-bond acceptors (Lipinski definition) is 3. The molecule has 102 valence electrons. The Morgan fingerprint density at radius 3 is 2.89 bits per heavy atom. The number of rotatable bonds is 2. The van der Waals surface area contributed by atoms with Crippen molar-refractivity contribution in [2.24, 2.45) is 0 Å². The highest BCUT2D eigenvalue weighted by Gasteiger charge is 2.25.